The van der Waals surface area contributed by atoms with Gasteiger partial charge in [0.25, 0.3) is 0 Å². The second kappa shape index (κ2) is 5.31. The standard InChI is InChI=1S/C12H21NO2/c1-4-15-11(14)6-5-8-13-9-7-12(2,3)10-13/h5-6H,4,7-10H2,1-3H3/b6-5+. The van der Waals surface area contributed by atoms with Gasteiger partial charge >= 0.3 is 5.97 Å². The summed E-state index contributed by atoms with van der Waals surface area (Å²) < 4.78 is 4.80. The van der Waals surface area contributed by atoms with Crippen molar-refractivity contribution in [1.82, 2.24) is 4.90 Å². The van der Waals surface area contributed by atoms with Crippen molar-refractivity contribution in [3.8, 4) is 0 Å². The third-order valence-corrected chi connectivity index (χ3v) is 2.66. The van der Waals surface area contributed by atoms with Gasteiger partial charge in [0.1, 0.15) is 0 Å². The van der Waals surface area contributed by atoms with Gasteiger partial charge in [0, 0.05) is 19.2 Å². The number of rotatable bonds is 4. The molecule has 0 amide bonds. The molecule has 0 atom stereocenters. The van der Waals surface area contributed by atoms with E-state index in [0.29, 0.717) is 12.0 Å². The zero-order valence-corrected chi connectivity index (χ0v) is 9.95. The first-order valence-corrected chi connectivity index (χ1v) is 5.59. The summed E-state index contributed by atoms with van der Waals surface area (Å²) in [6.45, 7) is 9.90. The minimum absolute atomic E-state index is 0.240. The highest BCUT2D eigenvalue weighted by atomic mass is 16.5. The number of hydrogen-bond donors (Lipinski definition) is 0. The molecule has 0 spiro atoms. The molecule has 0 aromatic heterocycles. The summed E-state index contributed by atoms with van der Waals surface area (Å²) >= 11 is 0. The van der Waals surface area contributed by atoms with Gasteiger partial charge in [0.2, 0.25) is 0 Å². The maximum Gasteiger partial charge on any atom is 0.330 e. The fourth-order valence-electron chi connectivity index (χ4n) is 1.87. The number of hydrogen-bond acceptors (Lipinski definition) is 3. The molecule has 3 nitrogen and oxygen atoms in total. The van der Waals surface area contributed by atoms with Crippen LogP contribution in [0, 0.1) is 5.41 Å². The highest BCUT2D eigenvalue weighted by Crippen LogP contribution is 2.28. The summed E-state index contributed by atoms with van der Waals surface area (Å²) in [7, 11) is 0. The van der Waals surface area contributed by atoms with Crippen LogP contribution < -0.4 is 0 Å². The minimum Gasteiger partial charge on any atom is -0.463 e. The van der Waals surface area contributed by atoms with Crippen molar-refractivity contribution in [1.29, 1.82) is 0 Å². The van der Waals surface area contributed by atoms with Gasteiger partial charge in [-0.05, 0) is 25.3 Å². The van der Waals surface area contributed by atoms with Gasteiger partial charge < -0.3 is 4.74 Å². The molecule has 1 fully saturated rings. The van der Waals surface area contributed by atoms with Crippen LogP contribution in [0.2, 0.25) is 0 Å². The van der Waals surface area contributed by atoms with E-state index in [1.807, 2.05) is 13.0 Å². The molecule has 0 bridgehead atoms. The SMILES string of the molecule is CCOC(=O)/C=C/CN1CCC(C)(C)C1. The zero-order valence-electron chi connectivity index (χ0n) is 9.95. The van der Waals surface area contributed by atoms with E-state index in [9.17, 15) is 4.79 Å². The number of carbonyl (C=O) groups is 1. The minimum atomic E-state index is -0.240. The summed E-state index contributed by atoms with van der Waals surface area (Å²) in [6.07, 6.45) is 4.65. The van der Waals surface area contributed by atoms with Gasteiger partial charge in [-0.2, -0.15) is 0 Å². The molecule has 1 aliphatic rings. The maximum absolute atomic E-state index is 11.0. The number of likely N-dealkylation sites (tertiary alicyclic amines) is 1. The summed E-state index contributed by atoms with van der Waals surface area (Å²) in [6, 6.07) is 0. The van der Waals surface area contributed by atoms with Crippen molar-refractivity contribution < 1.29 is 9.53 Å². The summed E-state index contributed by atoms with van der Waals surface area (Å²) in [4.78, 5) is 13.4. The van der Waals surface area contributed by atoms with Crippen molar-refractivity contribution in [3.05, 3.63) is 12.2 Å². The molecule has 0 radical (unpaired) electrons. The molecule has 0 aromatic rings. The number of nitrogens with zero attached hydrogens (tertiary/aromatic N) is 1. The molecule has 0 aromatic carbocycles. The van der Waals surface area contributed by atoms with Gasteiger partial charge in [-0.15, -0.1) is 0 Å². The molecule has 0 N–H and O–H groups in total. The molecule has 1 aliphatic heterocycles. The highest BCUT2D eigenvalue weighted by molar-refractivity contribution is 5.81. The summed E-state index contributed by atoms with van der Waals surface area (Å²) in [5.74, 6) is -0.240. The fourth-order valence-corrected chi connectivity index (χ4v) is 1.87. The van der Waals surface area contributed by atoms with Gasteiger partial charge in [-0.25, -0.2) is 4.79 Å². The van der Waals surface area contributed by atoms with Crippen LogP contribution in [-0.4, -0.2) is 37.1 Å². The molecular weight excluding hydrogens is 190 g/mol. The Morgan fingerprint density at radius 2 is 2.27 bits per heavy atom. The lowest BCUT2D eigenvalue weighted by molar-refractivity contribution is -0.137. The van der Waals surface area contributed by atoms with Gasteiger partial charge in [0.15, 0.2) is 0 Å². The van der Waals surface area contributed by atoms with Crippen LogP contribution in [0.25, 0.3) is 0 Å². The number of carbonyl (C=O) groups excluding carboxylic acids is 1. The van der Waals surface area contributed by atoms with E-state index in [0.717, 1.165) is 19.6 Å². The third kappa shape index (κ3) is 4.47. The molecule has 86 valence electrons. The van der Waals surface area contributed by atoms with Crippen LogP contribution >= 0.6 is 0 Å². The van der Waals surface area contributed by atoms with E-state index in [1.54, 1.807) is 0 Å². The monoisotopic (exact) mass is 211 g/mol. The lowest BCUT2D eigenvalue weighted by Gasteiger charge is -2.17. The van der Waals surface area contributed by atoms with Crippen LogP contribution in [0.4, 0.5) is 0 Å². The van der Waals surface area contributed by atoms with E-state index in [2.05, 4.69) is 18.7 Å². The Kier molecular flexibility index (Phi) is 4.33. The van der Waals surface area contributed by atoms with Crippen molar-refractivity contribution in [2.24, 2.45) is 5.41 Å². The Hall–Kier alpha value is -0.830. The Balaban J connectivity index is 2.24. The Bertz CT molecular complexity index is 246. The molecule has 1 rings (SSSR count). The molecule has 0 saturated carbocycles. The third-order valence-electron chi connectivity index (χ3n) is 2.66. The molecule has 0 unspecified atom stereocenters. The topological polar surface area (TPSA) is 29.5 Å². The Labute approximate surface area is 92.1 Å². The van der Waals surface area contributed by atoms with Crippen molar-refractivity contribution in [2.45, 2.75) is 27.2 Å². The maximum atomic E-state index is 11.0. The first kappa shape index (κ1) is 12.2. The van der Waals surface area contributed by atoms with Crippen LogP contribution in [-0.2, 0) is 9.53 Å². The van der Waals surface area contributed by atoms with Crippen LogP contribution in [0.1, 0.15) is 27.2 Å². The first-order valence-electron chi connectivity index (χ1n) is 5.59. The second-order valence-corrected chi connectivity index (χ2v) is 4.80. The highest BCUT2D eigenvalue weighted by Gasteiger charge is 2.27. The lowest BCUT2D eigenvalue weighted by Crippen LogP contribution is -2.23. The molecular formula is C12H21NO2. The van der Waals surface area contributed by atoms with E-state index < -0.39 is 0 Å². The Morgan fingerprint density at radius 3 is 2.80 bits per heavy atom. The summed E-state index contributed by atoms with van der Waals surface area (Å²) in [5, 5.41) is 0. The quantitative estimate of drug-likeness (QED) is 0.525. The van der Waals surface area contributed by atoms with Gasteiger partial charge in [-0.1, -0.05) is 19.9 Å². The van der Waals surface area contributed by atoms with E-state index in [-0.39, 0.29) is 5.97 Å². The smallest absolute Gasteiger partial charge is 0.330 e. The van der Waals surface area contributed by atoms with Gasteiger partial charge in [-0.3, -0.25) is 4.90 Å². The van der Waals surface area contributed by atoms with Crippen LogP contribution in [0.3, 0.4) is 0 Å². The van der Waals surface area contributed by atoms with E-state index in [4.69, 9.17) is 4.74 Å². The normalized spacial score (nSPS) is 21.0. The van der Waals surface area contributed by atoms with Crippen molar-refractivity contribution >= 4 is 5.97 Å². The molecule has 15 heavy (non-hydrogen) atoms. The number of esters is 1. The molecule has 1 saturated heterocycles. The molecule has 0 aliphatic carbocycles. The van der Waals surface area contributed by atoms with Crippen LogP contribution in [0.15, 0.2) is 12.2 Å². The van der Waals surface area contributed by atoms with Crippen molar-refractivity contribution in [2.75, 3.05) is 26.2 Å². The summed E-state index contributed by atoms with van der Waals surface area (Å²) in [5.41, 5.74) is 0.428. The van der Waals surface area contributed by atoms with Crippen molar-refractivity contribution in [3.63, 3.8) is 0 Å². The second-order valence-electron chi connectivity index (χ2n) is 4.80. The van der Waals surface area contributed by atoms with E-state index >= 15 is 0 Å². The molecule has 1 heterocycles. The molecule has 3 heteroatoms. The van der Waals surface area contributed by atoms with E-state index in [1.165, 1.54) is 12.5 Å². The fraction of sp³-hybridized carbons (Fsp3) is 0.750. The zero-order chi connectivity index (χ0) is 11.3. The predicted molar refractivity (Wildman–Crippen MR) is 60.6 cm³/mol. The largest absolute Gasteiger partial charge is 0.463 e. The first-order chi connectivity index (χ1) is 7.03. The predicted octanol–water partition coefficient (Wildman–Crippen LogP) is 1.84. The average Bonchev–Trinajstić information content (AvgIpc) is 2.46. The lowest BCUT2D eigenvalue weighted by atomic mass is 9.93. The average molecular weight is 211 g/mol. The van der Waals surface area contributed by atoms with Gasteiger partial charge in [0.05, 0.1) is 6.61 Å². The number of ether oxygens (including phenoxy) is 1. The van der Waals surface area contributed by atoms with Crippen LogP contribution in [0.5, 0.6) is 0 Å². The Morgan fingerprint density at radius 1 is 1.53 bits per heavy atom.